The van der Waals surface area contributed by atoms with Crippen molar-refractivity contribution in [3.05, 3.63) is 57.8 Å². The van der Waals surface area contributed by atoms with Crippen molar-refractivity contribution < 1.29 is 14.3 Å². The van der Waals surface area contributed by atoms with Gasteiger partial charge in [-0.15, -0.1) is 11.3 Å². The molecule has 0 radical (unpaired) electrons. The third-order valence-electron chi connectivity index (χ3n) is 3.57. The first-order chi connectivity index (χ1) is 11.1. The second-order valence-electron chi connectivity index (χ2n) is 5.32. The fourth-order valence-corrected chi connectivity index (χ4v) is 3.88. The highest BCUT2D eigenvalue weighted by Crippen LogP contribution is 2.35. The molecule has 0 saturated heterocycles. The minimum atomic E-state index is -0.731. The van der Waals surface area contributed by atoms with Gasteiger partial charge < -0.3 is 14.8 Å². The number of fused-ring (bicyclic) bond motifs is 1. The number of hydrogen-bond donors (Lipinski definition) is 2. The Labute approximate surface area is 142 Å². The molecule has 6 heteroatoms. The third kappa shape index (κ3) is 3.42. The molecule has 4 nitrogen and oxygen atoms in total. The number of rotatable bonds is 5. The summed E-state index contributed by atoms with van der Waals surface area (Å²) in [5.74, 6) is 0.273. The maximum atomic E-state index is 12.3. The SMILES string of the molecule is Cc1ccc2c(Cl)c(C(=O)NCC[C@@H](O)c3ccco3)sc2c1. The standard InChI is InChI=1S/C17H16ClNO3S/c1-10-4-5-11-14(9-10)23-16(15(11)18)17(21)19-7-6-12(20)13-3-2-8-22-13/h2-5,8-9,12,20H,6-7H2,1H3,(H,19,21)/t12-/m1/s1. The van der Waals surface area contributed by atoms with E-state index in [2.05, 4.69) is 5.32 Å². The van der Waals surface area contributed by atoms with Crippen LogP contribution in [0.5, 0.6) is 0 Å². The Kier molecular flexibility index (Phi) is 4.71. The summed E-state index contributed by atoms with van der Waals surface area (Å²) in [6.45, 7) is 2.34. The third-order valence-corrected chi connectivity index (χ3v) is 5.22. The average molecular weight is 350 g/mol. The molecule has 0 spiro atoms. The van der Waals surface area contributed by atoms with Crippen molar-refractivity contribution in [1.29, 1.82) is 0 Å². The van der Waals surface area contributed by atoms with Crippen LogP contribution < -0.4 is 5.32 Å². The Morgan fingerprint density at radius 2 is 2.26 bits per heavy atom. The second kappa shape index (κ2) is 6.74. The van der Waals surface area contributed by atoms with Gasteiger partial charge in [0.2, 0.25) is 0 Å². The highest BCUT2D eigenvalue weighted by atomic mass is 35.5. The number of amides is 1. The summed E-state index contributed by atoms with van der Waals surface area (Å²) in [5.41, 5.74) is 1.13. The van der Waals surface area contributed by atoms with Crippen LogP contribution in [-0.4, -0.2) is 17.6 Å². The van der Waals surface area contributed by atoms with Gasteiger partial charge in [0.15, 0.2) is 0 Å². The summed E-state index contributed by atoms with van der Waals surface area (Å²) >= 11 is 7.69. The molecule has 0 bridgehead atoms. The lowest BCUT2D eigenvalue weighted by Gasteiger charge is -2.08. The van der Waals surface area contributed by atoms with Crippen LogP contribution in [-0.2, 0) is 0 Å². The molecule has 3 rings (SSSR count). The molecule has 2 N–H and O–H groups in total. The number of aryl methyl sites for hydroxylation is 1. The minimum Gasteiger partial charge on any atom is -0.467 e. The van der Waals surface area contributed by atoms with Gasteiger partial charge in [0, 0.05) is 16.6 Å². The summed E-state index contributed by atoms with van der Waals surface area (Å²) in [5, 5.41) is 14.1. The lowest BCUT2D eigenvalue weighted by Crippen LogP contribution is -2.25. The van der Waals surface area contributed by atoms with E-state index < -0.39 is 6.10 Å². The number of benzene rings is 1. The van der Waals surface area contributed by atoms with Crippen molar-refractivity contribution in [2.75, 3.05) is 6.54 Å². The van der Waals surface area contributed by atoms with Crippen molar-refractivity contribution in [3.8, 4) is 0 Å². The average Bonchev–Trinajstić information content (AvgIpc) is 3.15. The molecule has 2 aromatic heterocycles. The molecule has 23 heavy (non-hydrogen) atoms. The van der Waals surface area contributed by atoms with E-state index in [4.69, 9.17) is 16.0 Å². The highest BCUT2D eigenvalue weighted by molar-refractivity contribution is 7.21. The molecule has 0 unspecified atom stereocenters. The maximum Gasteiger partial charge on any atom is 0.262 e. The number of aliphatic hydroxyl groups is 1. The van der Waals surface area contributed by atoms with E-state index in [1.54, 1.807) is 12.1 Å². The molecular weight excluding hydrogens is 334 g/mol. The van der Waals surface area contributed by atoms with Crippen molar-refractivity contribution in [1.82, 2.24) is 5.32 Å². The molecule has 1 amide bonds. The number of carbonyl (C=O) groups is 1. The molecule has 0 aliphatic rings. The lowest BCUT2D eigenvalue weighted by atomic mass is 10.2. The summed E-state index contributed by atoms with van der Waals surface area (Å²) < 4.78 is 6.12. The molecule has 120 valence electrons. The van der Waals surface area contributed by atoms with Gasteiger partial charge in [0.05, 0.1) is 11.3 Å². The first-order valence-corrected chi connectivity index (χ1v) is 8.44. The van der Waals surface area contributed by atoms with Crippen LogP contribution in [0.25, 0.3) is 10.1 Å². The van der Waals surface area contributed by atoms with E-state index >= 15 is 0 Å². The van der Waals surface area contributed by atoms with Crippen molar-refractivity contribution >= 4 is 38.9 Å². The van der Waals surface area contributed by atoms with Crippen LogP contribution in [0.4, 0.5) is 0 Å². The number of thiophene rings is 1. The Morgan fingerprint density at radius 1 is 1.43 bits per heavy atom. The topological polar surface area (TPSA) is 62.5 Å². The number of aliphatic hydroxyl groups excluding tert-OH is 1. The zero-order chi connectivity index (χ0) is 16.4. The Hall–Kier alpha value is -1.82. The van der Waals surface area contributed by atoms with Gasteiger partial charge in [-0.1, -0.05) is 23.7 Å². The van der Waals surface area contributed by atoms with Crippen LogP contribution in [0, 0.1) is 6.92 Å². The van der Waals surface area contributed by atoms with Crippen LogP contribution in [0.1, 0.15) is 33.5 Å². The summed E-state index contributed by atoms with van der Waals surface area (Å²) in [6, 6.07) is 9.35. The normalized spacial score (nSPS) is 12.5. The summed E-state index contributed by atoms with van der Waals surface area (Å²) in [7, 11) is 0. The predicted molar refractivity (Wildman–Crippen MR) is 92.2 cm³/mol. The number of halogens is 1. The van der Waals surface area contributed by atoms with Gasteiger partial charge in [0.25, 0.3) is 5.91 Å². The molecule has 0 saturated carbocycles. The zero-order valence-corrected chi connectivity index (χ0v) is 14.1. The van der Waals surface area contributed by atoms with Gasteiger partial charge in [-0.25, -0.2) is 0 Å². The number of hydrogen-bond acceptors (Lipinski definition) is 4. The quantitative estimate of drug-likeness (QED) is 0.721. The van der Waals surface area contributed by atoms with E-state index in [9.17, 15) is 9.90 Å². The highest BCUT2D eigenvalue weighted by Gasteiger charge is 2.17. The monoisotopic (exact) mass is 349 g/mol. The second-order valence-corrected chi connectivity index (χ2v) is 6.75. The largest absolute Gasteiger partial charge is 0.467 e. The van der Waals surface area contributed by atoms with Gasteiger partial charge in [-0.05, 0) is 37.1 Å². The Morgan fingerprint density at radius 3 is 3.00 bits per heavy atom. The molecule has 0 aliphatic heterocycles. The minimum absolute atomic E-state index is 0.222. The van der Waals surface area contributed by atoms with Crippen molar-refractivity contribution in [2.24, 2.45) is 0 Å². The molecule has 1 aromatic carbocycles. The van der Waals surface area contributed by atoms with Gasteiger partial charge in [0.1, 0.15) is 16.7 Å². The van der Waals surface area contributed by atoms with Gasteiger partial charge in [-0.2, -0.15) is 0 Å². The van der Waals surface area contributed by atoms with E-state index in [1.165, 1.54) is 17.6 Å². The fraction of sp³-hybridized carbons (Fsp3) is 0.235. The van der Waals surface area contributed by atoms with E-state index in [1.807, 2.05) is 25.1 Å². The number of carbonyl (C=O) groups excluding carboxylic acids is 1. The number of furan rings is 1. The molecular formula is C17H16ClNO3S. The van der Waals surface area contributed by atoms with E-state index in [0.29, 0.717) is 28.6 Å². The van der Waals surface area contributed by atoms with E-state index in [-0.39, 0.29) is 5.91 Å². The van der Waals surface area contributed by atoms with Crippen molar-refractivity contribution in [3.63, 3.8) is 0 Å². The number of nitrogens with one attached hydrogen (secondary N) is 1. The maximum absolute atomic E-state index is 12.3. The fourth-order valence-electron chi connectivity index (χ4n) is 2.34. The summed E-state index contributed by atoms with van der Waals surface area (Å²) in [6.07, 6.45) is 1.16. The summed E-state index contributed by atoms with van der Waals surface area (Å²) in [4.78, 5) is 12.8. The first kappa shape index (κ1) is 16.1. The Bertz CT molecular complexity index is 826. The van der Waals surface area contributed by atoms with Crippen LogP contribution in [0.2, 0.25) is 5.02 Å². The van der Waals surface area contributed by atoms with Crippen molar-refractivity contribution in [2.45, 2.75) is 19.4 Å². The Balaban J connectivity index is 1.65. The predicted octanol–water partition coefficient (Wildman–Crippen LogP) is 4.31. The van der Waals surface area contributed by atoms with Crippen LogP contribution in [0.15, 0.2) is 41.0 Å². The first-order valence-electron chi connectivity index (χ1n) is 7.24. The molecule has 3 aromatic rings. The van der Waals surface area contributed by atoms with E-state index in [0.717, 1.165) is 15.6 Å². The molecule has 0 fully saturated rings. The van der Waals surface area contributed by atoms with Gasteiger partial charge in [-0.3, -0.25) is 4.79 Å². The molecule has 1 atom stereocenters. The zero-order valence-electron chi connectivity index (χ0n) is 12.5. The smallest absolute Gasteiger partial charge is 0.262 e. The lowest BCUT2D eigenvalue weighted by molar-refractivity contribution is 0.0940. The van der Waals surface area contributed by atoms with Crippen LogP contribution in [0.3, 0.4) is 0 Å². The van der Waals surface area contributed by atoms with Crippen LogP contribution >= 0.6 is 22.9 Å². The van der Waals surface area contributed by atoms with Gasteiger partial charge >= 0.3 is 0 Å². The molecule has 0 aliphatic carbocycles. The molecule has 2 heterocycles.